The van der Waals surface area contributed by atoms with Crippen LogP contribution in [0.3, 0.4) is 0 Å². The maximum absolute atomic E-state index is 6.21. The molecular formula is C14H9ClN2. The van der Waals surface area contributed by atoms with E-state index >= 15 is 0 Å². The highest BCUT2D eigenvalue weighted by molar-refractivity contribution is 6.36. The van der Waals surface area contributed by atoms with E-state index in [0.29, 0.717) is 0 Å². The Labute approximate surface area is 103 Å². The minimum Gasteiger partial charge on any atom is -0.352 e. The van der Waals surface area contributed by atoms with Gasteiger partial charge in [0.25, 0.3) is 0 Å². The van der Waals surface area contributed by atoms with E-state index in [-0.39, 0.29) is 0 Å². The van der Waals surface area contributed by atoms with Gasteiger partial charge in [-0.3, -0.25) is 0 Å². The Morgan fingerprint density at radius 3 is 2.76 bits per heavy atom. The minimum absolute atomic E-state index is 0.795. The molecule has 1 aromatic heterocycles. The van der Waals surface area contributed by atoms with Crippen LogP contribution >= 0.6 is 11.6 Å². The predicted octanol–water partition coefficient (Wildman–Crippen LogP) is 4.34. The van der Waals surface area contributed by atoms with Crippen molar-refractivity contribution in [2.45, 2.75) is 0 Å². The number of aromatic nitrogens is 1. The van der Waals surface area contributed by atoms with Crippen LogP contribution in [0, 0.1) is 0 Å². The van der Waals surface area contributed by atoms with Crippen LogP contribution in [0.2, 0.25) is 5.02 Å². The molecule has 1 aliphatic heterocycles. The molecule has 0 fully saturated rings. The monoisotopic (exact) mass is 240 g/mol. The standard InChI is InChI=1S/C14H9ClN2/c15-10-5-6-12-14-9(10)7-8-17(14)13-4-2-1-3-11(13)16-12/h1-8,16H. The van der Waals surface area contributed by atoms with Crippen molar-refractivity contribution in [2.24, 2.45) is 0 Å². The van der Waals surface area contributed by atoms with E-state index in [1.807, 2.05) is 24.3 Å². The number of benzene rings is 2. The fraction of sp³-hybridized carbons (Fsp3) is 0. The van der Waals surface area contributed by atoms with Gasteiger partial charge in [-0.1, -0.05) is 23.7 Å². The molecule has 0 atom stereocenters. The summed E-state index contributed by atoms with van der Waals surface area (Å²) < 4.78 is 2.18. The van der Waals surface area contributed by atoms with E-state index in [1.165, 1.54) is 0 Å². The Hall–Kier alpha value is -1.93. The van der Waals surface area contributed by atoms with Crippen molar-refractivity contribution in [1.82, 2.24) is 4.57 Å². The third kappa shape index (κ3) is 1.10. The molecule has 3 heteroatoms. The summed E-state index contributed by atoms with van der Waals surface area (Å²) in [6, 6.07) is 14.3. The normalized spacial score (nSPS) is 12.3. The molecule has 0 saturated heterocycles. The molecular weight excluding hydrogens is 232 g/mol. The molecule has 0 saturated carbocycles. The van der Waals surface area contributed by atoms with Gasteiger partial charge in [0.2, 0.25) is 0 Å². The van der Waals surface area contributed by atoms with Crippen molar-refractivity contribution in [1.29, 1.82) is 0 Å². The number of rotatable bonds is 0. The summed E-state index contributed by atoms with van der Waals surface area (Å²) >= 11 is 6.21. The molecule has 0 bridgehead atoms. The molecule has 3 aromatic rings. The molecule has 0 spiro atoms. The van der Waals surface area contributed by atoms with Gasteiger partial charge in [0.1, 0.15) is 0 Å². The van der Waals surface area contributed by atoms with E-state index < -0.39 is 0 Å². The lowest BCUT2D eigenvalue weighted by Crippen LogP contribution is -2.06. The molecule has 4 rings (SSSR count). The number of fused-ring (bicyclic) bond motifs is 2. The van der Waals surface area contributed by atoms with Crippen molar-refractivity contribution >= 4 is 33.9 Å². The number of nitrogens with one attached hydrogen (secondary N) is 1. The van der Waals surface area contributed by atoms with Crippen LogP contribution in [0.5, 0.6) is 0 Å². The first-order chi connectivity index (χ1) is 8.34. The molecule has 82 valence electrons. The zero-order chi connectivity index (χ0) is 11.4. The zero-order valence-electron chi connectivity index (χ0n) is 8.94. The predicted molar refractivity (Wildman–Crippen MR) is 71.6 cm³/mol. The van der Waals surface area contributed by atoms with E-state index in [1.54, 1.807) is 0 Å². The Morgan fingerprint density at radius 1 is 0.941 bits per heavy atom. The lowest BCUT2D eigenvalue weighted by atomic mass is 10.1. The molecule has 0 radical (unpaired) electrons. The van der Waals surface area contributed by atoms with Crippen LogP contribution in [0.25, 0.3) is 16.6 Å². The average molecular weight is 241 g/mol. The summed E-state index contributed by atoms with van der Waals surface area (Å²) in [6.07, 6.45) is 2.07. The topological polar surface area (TPSA) is 17.0 Å². The Bertz CT molecular complexity index is 743. The molecule has 1 aliphatic rings. The van der Waals surface area contributed by atoms with Gasteiger partial charge < -0.3 is 9.88 Å². The number of nitrogens with zero attached hydrogens (tertiary/aromatic N) is 1. The fourth-order valence-corrected chi connectivity index (χ4v) is 2.68. The SMILES string of the molecule is Clc1ccc2c3c1ccn3-c1ccccc1N2. The summed E-state index contributed by atoms with van der Waals surface area (Å²) in [5.41, 5.74) is 4.54. The van der Waals surface area contributed by atoms with Gasteiger partial charge in [0.05, 0.1) is 27.6 Å². The molecule has 0 aliphatic carbocycles. The van der Waals surface area contributed by atoms with E-state index in [2.05, 4.69) is 34.3 Å². The minimum atomic E-state index is 0.795. The second-order valence-corrected chi connectivity index (χ2v) is 4.59. The first kappa shape index (κ1) is 9.14. The van der Waals surface area contributed by atoms with Crippen LogP contribution in [-0.4, -0.2) is 4.57 Å². The van der Waals surface area contributed by atoms with Crippen molar-refractivity contribution < 1.29 is 0 Å². The number of anilines is 2. The number of hydrogen-bond donors (Lipinski definition) is 1. The van der Waals surface area contributed by atoms with E-state index in [9.17, 15) is 0 Å². The molecule has 2 nitrogen and oxygen atoms in total. The number of para-hydroxylation sites is 2. The van der Waals surface area contributed by atoms with Crippen molar-refractivity contribution in [3.63, 3.8) is 0 Å². The van der Waals surface area contributed by atoms with Crippen LogP contribution in [0.1, 0.15) is 0 Å². The van der Waals surface area contributed by atoms with Crippen molar-refractivity contribution in [2.75, 3.05) is 5.32 Å². The third-order valence-corrected chi connectivity index (χ3v) is 3.56. The average Bonchev–Trinajstić information content (AvgIpc) is 2.80. The highest BCUT2D eigenvalue weighted by atomic mass is 35.5. The first-order valence-corrected chi connectivity index (χ1v) is 5.88. The second kappa shape index (κ2) is 3.05. The molecule has 2 aromatic carbocycles. The molecule has 1 N–H and O–H groups in total. The van der Waals surface area contributed by atoms with Crippen molar-refractivity contribution in [3.05, 3.63) is 53.7 Å². The maximum Gasteiger partial charge on any atom is 0.0781 e. The molecule has 0 unspecified atom stereocenters. The summed E-state index contributed by atoms with van der Waals surface area (Å²) in [4.78, 5) is 0. The largest absolute Gasteiger partial charge is 0.352 e. The van der Waals surface area contributed by atoms with Crippen LogP contribution in [0.4, 0.5) is 11.4 Å². The van der Waals surface area contributed by atoms with Gasteiger partial charge in [-0.05, 0) is 30.3 Å². The van der Waals surface area contributed by atoms with Crippen LogP contribution in [-0.2, 0) is 0 Å². The lowest BCUT2D eigenvalue weighted by molar-refractivity contribution is 1.11. The van der Waals surface area contributed by atoms with Gasteiger partial charge in [0.15, 0.2) is 0 Å². The zero-order valence-corrected chi connectivity index (χ0v) is 9.70. The smallest absolute Gasteiger partial charge is 0.0781 e. The van der Waals surface area contributed by atoms with Crippen molar-refractivity contribution in [3.8, 4) is 5.69 Å². The fourth-order valence-electron chi connectivity index (χ4n) is 2.46. The lowest BCUT2D eigenvalue weighted by Gasteiger charge is -2.21. The summed E-state index contributed by atoms with van der Waals surface area (Å²) in [5, 5.41) is 5.32. The highest BCUT2D eigenvalue weighted by Crippen LogP contribution is 2.39. The summed E-state index contributed by atoms with van der Waals surface area (Å²) in [6.45, 7) is 0. The van der Waals surface area contributed by atoms with Gasteiger partial charge in [-0.15, -0.1) is 0 Å². The van der Waals surface area contributed by atoms with Gasteiger partial charge in [-0.2, -0.15) is 0 Å². The quantitative estimate of drug-likeness (QED) is 0.484. The number of hydrogen-bond acceptors (Lipinski definition) is 1. The second-order valence-electron chi connectivity index (χ2n) is 4.19. The first-order valence-electron chi connectivity index (χ1n) is 5.50. The molecule has 2 heterocycles. The molecule has 0 amide bonds. The van der Waals surface area contributed by atoms with Gasteiger partial charge in [-0.25, -0.2) is 0 Å². The van der Waals surface area contributed by atoms with E-state index in [4.69, 9.17) is 11.6 Å². The molecule has 17 heavy (non-hydrogen) atoms. The Balaban J connectivity index is 2.20. The summed E-state index contributed by atoms with van der Waals surface area (Å²) in [5.74, 6) is 0. The third-order valence-electron chi connectivity index (χ3n) is 3.23. The number of halogens is 1. The highest BCUT2D eigenvalue weighted by Gasteiger charge is 2.17. The van der Waals surface area contributed by atoms with Crippen LogP contribution < -0.4 is 5.32 Å². The van der Waals surface area contributed by atoms with Gasteiger partial charge in [0, 0.05) is 11.6 Å². The van der Waals surface area contributed by atoms with E-state index in [0.717, 1.165) is 33.0 Å². The Morgan fingerprint density at radius 2 is 1.82 bits per heavy atom. The maximum atomic E-state index is 6.21. The summed E-state index contributed by atoms with van der Waals surface area (Å²) in [7, 11) is 0. The van der Waals surface area contributed by atoms with Crippen LogP contribution in [0.15, 0.2) is 48.7 Å². The Kier molecular flexibility index (Phi) is 1.64. The van der Waals surface area contributed by atoms with Gasteiger partial charge >= 0.3 is 0 Å².